The number of nitrogens with one attached hydrogen (secondary N) is 1. The lowest BCUT2D eigenvalue weighted by atomic mass is 9.85. The third kappa shape index (κ3) is 3.87. The molecule has 40 heavy (non-hydrogen) atoms. The maximum Gasteiger partial charge on any atom is 0.435 e. The topological polar surface area (TPSA) is 92.8 Å². The summed E-state index contributed by atoms with van der Waals surface area (Å²) in [5, 5.41) is 2.51. The van der Waals surface area contributed by atoms with Crippen molar-refractivity contribution >= 4 is 21.7 Å². The molecule has 15 heteroatoms. The third-order valence-electron chi connectivity index (χ3n) is 7.76. The minimum absolute atomic E-state index is 0.0773. The van der Waals surface area contributed by atoms with Gasteiger partial charge in [0.05, 0.1) is 10.9 Å². The number of nitrogens with zero attached hydrogens (tertiary/aromatic N) is 1. The second-order valence-corrected chi connectivity index (χ2v) is 12.0. The van der Waals surface area contributed by atoms with Crippen molar-refractivity contribution in [3.05, 3.63) is 59.7 Å². The lowest BCUT2D eigenvalue weighted by Gasteiger charge is -2.42. The highest BCUT2D eigenvalue weighted by atomic mass is 32.2. The van der Waals surface area contributed by atoms with Crippen LogP contribution in [-0.4, -0.2) is 62.7 Å². The highest BCUT2D eigenvalue weighted by Gasteiger charge is 2.74. The zero-order chi connectivity index (χ0) is 29.3. The molecule has 3 unspecified atom stereocenters. The molecular formula is C25H21F7N2O5S. The molecule has 2 fully saturated rings. The highest BCUT2D eigenvalue weighted by Crippen LogP contribution is 2.57. The average molecular weight is 595 g/mol. The van der Waals surface area contributed by atoms with Crippen molar-refractivity contribution in [2.45, 2.75) is 59.0 Å². The quantitative estimate of drug-likeness (QED) is 0.542. The second kappa shape index (κ2) is 9.08. The third-order valence-corrected chi connectivity index (χ3v) is 10.3. The summed E-state index contributed by atoms with van der Waals surface area (Å²) in [6.07, 6.45) is -12.8. The van der Waals surface area contributed by atoms with Crippen LogP contribution in [0.4, 0.5) is 30.7 Å². The van der Waals surface area contributed by atoms with Crippen LogP contribution in [0.25, 0.3) is 0 Å². The van der Waals surface area contributed by atoms with E-state index < -0.39 is 68.5 Å². The predicted octanol–water partition coefficient (Wildman–Crippen LogP) is 3.92. The van der Waals surface area contributed by atoms with Gasteiger partial charge in [-0.3, -0.25) is 9.59 Å². The Morgan fingerprint density at radius 3 is 2.23 bits per heavy atom. The largest absolute Gasteiger partial charge is 0.491 e. The molecule has 0 bridgehead atoms. The number of hydrogen-bond donors (Lipinski definition) is 1. The Morgan fingerprint density at radius 1 is 1.00 bits per heavy atom. The van der Waals surface area contributed by atoms with E-state index in [1.54, 1.807) is 6.07 Å². The first-order chi connectivity index (χ1) is 18.6. The molecule has 2 aromatic carbocycles. The van der Waals surface area contributed by atoms with Crippen LogP contribution in [0, 0.1) is 0 Å². The van der Waals surface area contributed by atoms with Crippen LogP contribution in [0.2, 0.25) is 0 Å². The Morgan fingerprint density at radius 2 is 1.65 bits per heavy atom. The van der Waals surface area contributed by atoms with Gasteiger partial charge in [-0.2, -0.15) is 26.3 Å². The molecule has 2 saturated heterocycles. The van der Waals surface area contributed by atoms with Crippen LogP contribution in [0.3, 0.4) is 0 Å². The molecule has 0 spiro atoms. The van der Waals surface area contributed by atoms with Gasteiger partial charge in [0.2, 0.25) is 11.8 Å². The number of carbonyl (C=O) groups excluding carboxylic acids is 2. The number of carbonyl (C=O) groups is 2. The fourth-order valence-corrected chi connectivity index (χ4v) is 8.10. The summed E-state index contributed by atoms with van der Waals surface area (Å²) in [6, 6.07) is 5.91. The molecular weight excluding hydrogens is 573 g/mol. The Balaban J connectivity index is 1.68. The normalized spacial score (nSPS) is 25.2. The first kappa shape index (κ1) is 28.2. The van der Waals surface area contributed by atoms with E-state index in [1.807, 2.05) is 0 Å². The summed E-state index contributed by atoms with van der Waals surface area (Å²) in [5.74, 6) is -1.64. The van der Waals surface area contributed by atoms with E-state index in [2.05, 4.69) is 5.32 Å². The fraction of sp³-hybridized carbons (Fsp3) is 0.440. The maximum absolute atomic E-state index is 14.8. The van der Waals surface area contributed by atoms with E-state index in [9.17, 15) is 48.7 Å². The number of alkyl halides is 7. The van der Waals surface area contributed by atoms with Crippen LogP contribution >= 0.6 is 0 Å². The van der Waals surface area contributed by atoms with Crippen LogP contribution < -0.4 is 10.1 Å². The first-order valence-corrected chi connectivity index (χ1v) is 13.5. The number of benzene rings is 2. The number of rotatable bonds is 4. The molecule has 0 saturated carbocycles. The molecule has 216 valence electrons. The van der Waals surface area contributed by atoms with E-state index >= 15 is 0 Å². The van der Waals surface area contributed by atoms with Gasteiger partial charge in [0.15, 0.2) is 9.84 Å². The Kier molecular flexibility index (Phi) is 6.39. The SMILES string of the molecule is O=C1CCC(C(=O)N2CCC3(S(=O)(=O)c4ccccc4)c4ccc(C(F)(C(F)(F)F)C(F)(F)F)cc4OCC23)N1. The van der Waals surface area contributed by atoms with Gasteiger partial charge < -0.3 is 15.0 Å². The summed E-state index contributed by atoms with van der Waals surface area (Å²) in [7, 11) is -4.48. The lowest BCUT2D eigenvalue weighted by Crippen LogP contribution is -2.57. The van der Waals surface area contributed by atoms with Gasteiger partial charge in [-0.15, -0.1) is 0 Å². The molecule has 3 aliphatic heterocycles. The molecule has 2 aromatic rings. The number of amides is 2. The second-order valence-electron chi connectivity index (χ2n) is 9.84. The number of sulfone groups is 1. The van der Waals surface area contributed by atoms with Gasteiger partial charge in [0, 0.05) is 24.1 Å². The van der Waals surface area contributed by atoms with Crippen molar-refractivity contribution in [1.82, 2.24) is 10.2 Å². The van der Waals surface area contributed by atoms with Crippen molar-refractivity contribution in [2.24, 2.45) is 0 Å². The summed E-state index contributed by atoms with van der Waals surface area (Å²) in [6.45, 7) is -0.781. The monoisotopic (exact) mass is 594 g/mol. The van der Waals surface area contributed by atoms with Gasteiger partial charge in [-0.1, -0.05) is 30.3 Å². The molecule has 1 N–H and O–H groups in total. The van der Waals surface area contributed by atoms with Crippen molar-refractivity contribution < 1.29 is 53.5 Å². The molecule has 3 aliphatic rings. The summed E-state index contributed by atoms with van der Waals surface area (Å²) >= 11 is 0. The number of halogens is 7. The molecule has 0 aliphatic carbocycles. The lowest BCUT2D eigenvalue weighted by molar-refractivity contribution is -0.348. The van der Waals surface area contributed by atoms with E-state index in [-0.39, 0.29) is 54.3 Å². The van der Waals surface area contributed by atoms with Crippen LogP contribution in [0.1, 0.15) is 30.4 Å². The van der Waals surface area contributed by atoms with Crippen molar-refractivity contribution in [3.63, 3.8) is 0 Å². The van der Waals surface area contributed by atoms with Crippen LogP contribution in [-0.2, 0) is 29.8 Å². The van der Waals surface area contributed by atoms with Crippen molar-refractivity contribution in [2.75, 3.05) is 13.2 Å². The van der Waals surface area contributed by atoms with Gasteiger partial charge in [-0.05, 0) is 31.0 Å². The number of ether oxygens (including phenoxy) is 1. The van der Waals surface area contributed by atoms with Gasteiger partial charge in [-0.25, -0.2) is 12.8 Å². The highest BCUT2D eigenvalue weighted by molar-refractivity contribution is 7.92. The fourth-order valence-electron chi connectivity index (χ4n) is 5.79. The first-order valence-electron chi connectivity index (χ1n) is 12.1. The minimum atomic E-state index is -6.38. The number of fused-ring (bicyclic) bond motifs is 3. The van der Waals surface area contributed by atoms with Crippen LogP contribution in [0.5, 0.6) is 5.75 Å². The molecule has 7 nitrogen and oxygen atoms in total. The Bertz CT molecular complexity index is 1450. The molecule has 5 rings (SSSR count). The van der Waals surface area contributed by atoms with E-state index in [0.29, 0.717) is 6.07 Å². The van der Waals surface area contributed by atoms with Gasteiger partial charge >= 0.3 is 18.0 Å². The smallest absolute Gasteiger partial charge is 0.435 e. The maximum atomic E-state index is 14.8. The van der Waals surface area contributed by atoms with E-state index in [1.165, 1.54) is 29.2 Å². The molecule has 3 heterocycles. The molecule has 2 amide bonds. The standard InChI is InChI=1S/C25H21F7N2O5S/c26-23(24(27,28)29,25(30,31)32)14-6-7-16-18(12-14)39-13-19-22(16,40(37,38)15-4-2-1-3-5-15)10-11-34(19)21(36)17-8-9-20(35)33-17/h1-7,12,17,19H,8-11,13H2,(H,33,35). The molecule has 0 aromatic heterocycles. The van der Waals surface area contributed by atoms with Crippen LogP contribution in [0.15, 0.2) is 53.4 Å². The predicted molar refractivity (Wildman–Crippen MR) is 123 cm³/mol. The Hall–Kier alpha value is -3.36. The zero-order valence-electron chi connectivity index (χ0n) is 20.4. The zero-order valence-corrected chi connectivity index (χ0v) is 21.2. The molecule has 3 atom stereocenters. The minimum Gasteiger partial charge on any atom is -0.491 e. The van der Waals surface area contributed by atoms with Crippen molar-refractivity contribution in [3.8, 4) is 5.75 Å². The molecule has 0 radical (unpaired) electrons. The van der Waals surface area contributed by atoms with Gasteiger partial charge in [0.1, 0.15) is 23.1 Å². The summed E-state index contributed by atoms with van der Waals surface area (Å²) < 4.78 is 127. The van der Waals surface area contributed by atoms with E-state index in [4.69, 9.17) is 4.74 Å². The number of hydrogen-bond acceptors (Lipinski definition) is 5. The summed E-state index contributed by atoms with van der Waals surface area (Å²) in [5.41, 5.74) is -7.87. The van der Waals surface area contributed by atoms with Gasteiger partial charge in [0.25, 0.3) is 0 Å². The van der Waals surface area contributed by atoms with E-state index in [0.717, 1.165) is 0 Å². The summed E-state index contributed by atoms with van der Waals surface area (Å²) in [4.78, 5) is 26.0. The Labute approximate surface area is 223 Å². The number of likely N-dealkylation sites (tertiary alicyclic amines) is 1. The average Bonchev–Trinajstić information content (AvgIpc) is 3.51. The van der Waals surface area contributed by atoms with Crippen molar-refractivity contribution in [1.29, 1.82) is 0 Å².